The minimum Gasteiger partial charge on any atom is -0.464 e. The Morgan fingerprint density at radius 1 is 0.735 bits per heavy atom. The molecule has 0 aliphatic rings. The van der Waals surface area contributed by atoms with Gasteiger partial charge in [0.25, 0.3) is 0 Å². The number of aryl methyl sites for hydroxylation is 1. The van der Waals surface area contributed by atoms with Crippen LogP contribution >= 0.6 is 0 Å². The fraction of sp³-hybridized carbons (Fsp3) is 0.0952. The van der Waals surface area contributed by atoms with E-state index in [2.05, 4.69) is 29.7 Å². The quantitative estimate of drug-likeness (QED) is 0.347. The van der Waals surface area contributed by atoms with Gasteiger partial charge in [0.1, 0.15) is 36.4 Å². The zero-order chi connectivity index (χ0) is 24.1. The molecule has 0 radical (unpaired) electrons. The molecule has 5 aromatic rings. The standard InChI is InChI=1S/C20H13N5O6.CO2/c1-10-6-28-18(21-10)13-7-29-16(23-13)11-4-3-5-12(22-11)17-24-14(8-30-17)19-25-15(9-31-19)20(26)27-2;2-1-3/h3-9H,1-2H3;. The zero-order valence-electron chi connectivity index (χ0n) is 17.5. The van der Waals surface area contributed by atoms with E-state index in [4.69, 9.17) is 27.3 Å². The fourth-order valence-electron chi connectivity index (χ4n) is 2.71. The van der Waals surface area contributed by atoms with Gasteiger partial charge in [-0.15, -0.1) is 0 Å². The number of nitrogens with zero attached hydrogens (tertiary/aromatic N) is 5. The van der Waals surface area contributed by atoms with Crippen LogP contribution in [0.1, 0.15) is 16.2 Å². The minimum atomic E-state index is -0.613. The van der Waals surface area contributed by atoms with E-state index in [1.165, 1.54) is 32.2 Å². The summed E-state index contributed by atoms with van der Waals surface area (Å²) in [5, 5.41) is 0. The number of carbonyl (C=O) groups excluding carboxylic acids is 3. The lowest BCUT2D eigenvalue weighted by atomic mass is 10.3. The average Bonchev–Trinajstić information content (AvgIpc) is 3.65. The predicted octanol–water partition coefficient (Wildman–Crippen LogP) is 3.21. The lowest BCUT2D eigenvalue weighted by molar-refractivity contribution is -0.191. The molecule has 0 spiro atoms. The molecule has 0 fully saturated rings. The smallest absolute Gasteiger partial charge is 0.373 e. The van der Waals surface area contributed by atoms with E-state index in [0.717, 1.165) is 5.69 Å². The molecular formula is C21H13N5O8. The third-order valence-electron chi connectivity index (χ3n) is 4.15. The summed E-state index contributed by atoms with van der Waals surface area (Å²) in [6.45, 7) is 1.82. The number of esters is 1. The van der Waals surface area contributed by atoms with Crippen molar-refractivity contribution in [1.29, 1.82) is 0 Å². The highest BCUT2D eigenvalue weighted by atomic mass is 16.5. The molecular weight excluding hydrogens is 450 g/mol. The number of hydrogen-bond acceptors (Lipinski definition) is 13. The van der Waals surface area contributed by atoms with Gasteiger partial charge in [0.15, 0.2) is 17.1 Å². The predicted molar refractivity (Wildman–Crippen MR) is 107 cm³/mol. The molecule has 13 heteroatoms. The maximum absolute atomic E-state index is 11.5. The van der Waals surface area contributed by atoms with Gasteiger partial charge in [-0.2, -0.15) is 9.59 Å². The summed E-state index contributed by atoms with van der Waals surface area (Å²) in [7, 11) is 1.26. The Bertz CT molecular complexity index is 1470. The normalized spacial score (nSPS) is 10.3. The van der Waals surface area contributed by atoms with E-state index in [9.17, 15) is 4.79 Å². The van der Waals surface area contributed by atoms with Crippen LogP contribution in [0, 0.1) is 6.92 Å². The van der Waals surface area contributed by atoms with Crippen LogP contribution in [0.3, 0.4) is 0 Å². The second kappa shape index (κ2) is 9.54. The molecule has 5 heterocycles. The van der Waals surface area contributed by atoms with Crippen LogP contribution in [0.5, 0.6) is 0 Å². The molecule has 0 aliphatic carbocycles. The summed E-state index contributed by atoms with van der Waals surface area (Å²) in [5.41, 5.74) is 2.44. The van der Waals surface area contributed by atoms with Crippen LogP contribution in [-0.2, 0) is 14.3 Å². The van der Waals surface area contributed by atoms with Crippen molar-refractivity contribution < 1.29 is 36.8 Å². The van der Waals surface area contributed by atoms with E-state index in [0.29, 0.717) is 28.7 Å². The van der Waals surface area contributed by atoms with E-state index >= 15 is 0 Å². The van der Waals surface area contributed by atoms with Gasteiger partial charge in [-0.25, -0.2) is 29.7 Å². The molecule has 5 aromatic heterocycles. The van der Waals surface area contributed by atoms with Crippen molar-refractivity contribution in [1.82, 2.24) is 24.9 Å². The van der Waals surface area contributed by atoms with Crippen LogP contribution < -0.4 is 0 Å². The highest BCUT2D eigenvalue weighted by molar-refractivity contribution is 5.87. The molecule has 0 bridgehead atoms. The van der Waals surface area contributed by atoms with Gasteiger partial charge in [-0.05, 0) is 19.1 Å². The SMILES string of the molecule is COC(=O)c1coc(-c2coc(-c3cccc(-c4nc(-c5nc(C)co5)co4)n3)n2)n1.O=C=O. The van der Waals surface area contributed by atoms with E-state index in [1.807, 2.05) is 6.92 Å². The maximum atomic E-state index is 11.5. The number of aromatic nitrogens is 5. The highest BCUT2D eigenvalue weighted by Gasteiger charge is 2.19. The van der Waals surface area contributed by atoms with Crippen molar-refractivity contribution in [2.24, 2.45) is 0 Å². The van der Waals surface area contributed by atoms with E-state index in [-0.39, 0.29) is 29.5 Å². The van der Waals surface area contributed by atoms with Gasteiger partial charge in [-0.1, -0.05) is 6.07 Å². The molecule has 0 amide bonds. The lowest BCUT2D eigenvalue weighted by Crippen LogP contribution is -2.00. The van der Waals surface area contributed by atoms with Crippen molar-refractivity contribution in [3.63, 3.8) is 0 Å². The number of oxazole rings is 4. The minimum absolute atomic E-state index is 0.0307. The first-order valence-corrected chi connectivity index (χ1v) is 9.37. The fourth-order valence-corrected chi connectivity index (χ4v) is 2.71. The third kappa shape index (κ3) is 4.54. The van der Waals surface area contributed by atoms with Gasteiger partial charge >= 0.3 is 12.1 Å². The average molecular weight is 463 g/mol. The monoisotopic (exact) mass is 463 g/mol. The Morgan fingerprint density at radius 3 is 1.76 bits per heavy atom. The van der Waals surface area contributed by atoms with Gasteiger partial charge in [-0.3, -0.25) is 0 Å². The number of pyridine rings is 1. The first-order chi connectivity index (χ1) is 16.5. The summed E-state index contributed by atoms with van der Waals surface area (Å²) in [4.78, 5) is 49.2. The summed E-state index contributed by atoms with van der Waals surface area (Å²) in [5.74, 6) is 0.376. The number of ether oxygens (including phenoxy) is 1. The summed E-state index contributed by atoms with van der Waals surface area (Å²) in [6.07, 6.45) is 5.76. The largest absolute Gasteiger partial charge is 0.464 e. The lowest BCUT2D eigenvalue weighted by Gasteiger charge is -1.97. The highest BCUT2D eigenvalue weighted by Crippen LogP contribution is 2.27. The Morgan fingerprint density at radius 2 is 1.24 bits per heavy atom. The van der Waals surface area contributed by atoms with Crippen LogP contribution in [0.4, 0.5) is 0 Å². The molecule has 0 atom stereocenters. The Kier molecular flexibility index (Phi) is 6.19. The zero-order valence-corrected chi connectivity index (χ0v) is 17.5. The second-order valence-corrected chi connectivity index (χ2v) is 6.39. The molecule has 5 rings (SSSR count). The van der Waals surface area contributed by atoms with Crippen molar-refractivity contribution in [3.05, 3.63) is 54.6 Å². The molecule has 13 nitrogen and oxygen atoms in total. The van der Waals surface area contributed by atoms with Crippen LogP contribution in [0.2, 0.25) is 0 Å². The molecule has 0 saturated heterocycles. The molecule has 0 N–H and O–H groups in total. The first-order valence-electron chi connectivity index (χ1n) is 9.37. The number of methoxy groups -OCH3 is 1. The summed E-state index contributed by atoms with van der Waals surface area (Å²) in [6, 6.07) is 5.22. The van der Waals surface area contributed by atoms with E-state index in [1.54, 1.807) is 18.2 Å². The summed E-state index contributed by atoms with van der Waals surface area (Å²) < 4.78 is 26.2. The van der Waals surface area contributed by atoms with Gasteiger partial charge < -0.3 is 22.4 Å². The van der Waals surface area contributed by atoms with Crippen molar-refractivity contribution in [2.75, 3.05) is 7.11 Å². The molecule has 0 saturated carbocycles. The molecule has 0 aliphatic heterocycles. The number of carbonyl (C=O) groups is 1. The van der Waals surface area contributed by atoms with Crippen molar-refractivity contribution in [3.8, 4) is 46.3 Å². The van der Waals surface area contributed by atoms with Crippen LogP contribution in [0.15, 0.2) is 60.9 Å². The number of hydrogen-bond donors (Lipinski definition) is 0. The summed E-state index contributed by atoms with van der Waals surface area (Å²) >= 11 is 0. The van der Waals surface area contributed by atoms with Crippen LogP contribution in [-0.4, -0.2) is 44.2 Å². The first kappa shape index (κ1) is 22.0. The maximum Gasteiger partial charge on any atom is 0.373 e. The molecule has 170 valence electrons. The van der Waals surface area contributed by atoms with Gasteiger partial charge in [0.2, 0.25) is 23.6 Å². The van der Waals surface area contributed by atoms with E-state index < -0.39 is 5.97 Å². The Balaban J connectivity index is 0.000000868. The Hall–Kier alpha value is -5.16. The molecule has 0 aromatic carbocycles. The Labute approximate surface area is 189 Å². The van der Waals surface area contributed by atoms with Gasteiger partial charge in [0.05, 0.1) is 12.8 Å². The topological polar surface area (TPSA) is 177 Å². The number of rotatable bonds is 5. The van der Waals surface area contributed by atoms with Crippen molar-refractivity contribution >= 4 is 12.1 Å². The third-order valence-corrected chi connectivity index (χ3v) is 4.15. The van der Waals surface area contributed by atoms with Gasteiger partial charge in [0, 0.05) is 0 Å². The van der Waals surface area contributed by atoms with Crippen LogP contribution in [0.25, 0.3) is 46.3 Å². The molecule has 0 unspecified atom stereocenters. The second-order valence-electron chi connectivity index (χ2n) is 6.39. The van der Waals surface area contributed by atoms with Crippen molar-refractivity contribution in [2.45, 2.75) is 6.92 Å². The molecule has 34 heavy (non-hydrogen) atoms.